The molecule has 0 spiro atoms. The highest BCUT2D eigenvalue weighted by molar-refractivity contribution is 5.45. The maximum atomic E-state index is 10.5. The first-order valence-corrected chi connectivity index (χ1v) is 4.35. The van der Waals surface area contributed by atoms with Gasteiger partial charge in [-0.2, -0.15) is 0 Å². The van der Waals surface area contributed by atoms with Crippen LogP contribution in [0.4, 0.5) is 0 Å². The Hall–Kier alpha value is -1.84. The summed E-state index contributed by atoms with van der Waals surface area (Å²) in [5.74, 6) is -0.576. The Balaban J connectivity index is 2.10. The fourth-order valence-corrected chi connectivity index (χ4v) is 1.21. The maximum Gasteiger partial charge on any atom is 0.542 e. The van der Waals surface area contributed by atoms with Gasteiger partial charge in [0.15, 0.2) is 0 Å². The normalized spacial score (nSPS) is 16.1. The first-order valence-electron chi connectivity index (χ1n) is 4.35. The van der Waals surface area contributed by atoms with Gasteiger partial charge >= 0.3 is 5.82 Å². The third kappa shape index (κ3) is 2.10. The van der Waals surface area contributed by atoms with Crippen LogP contribution in [-0.4, -0.2) is 5.16 Å². The molecule has 0 aromatic carbocycles. The van der Waals surface area contributed by atoms with Crippen molar-refractivity contribution in [2.24, 2.45) is 0 Å². The summed E-state index contributed by atoms with van der Waals surface area (Å²) in [6, 6.07) is 0. The van der Waals surface area contributed by atoms with Crippen molar-refractivity contribution in [3.05, 3.63) is 46.4 Å². The van der Waals surface area contributed by atoms with Crippen molar-refractivity contribution in [3.8, 4) is 0 Å². The third-order valence-electron chi connectivity index (χ3n) is 1.88. The predicted octanol–water partition coefficient (Wildman–Crippen LogP) is 1.92. The highest BCUT2D eigenvalue weighted by atomic mass is 16.6. The molecule has 1 aliphatic rings. The lowest BCUT2D eigenvalue weighted by Gasteiger charge is -2.01. The van der Waals surface area contributed by atoms with Crippen LogP contribution < -0.4 is 5.82 Å². The van der Waals surface area contributed by atoms with Crippen LogP contribution in [0.3, 0.4) is 0 Å². The van der Waals surface area contributed by atoms with Crippen LogP contribution in [0.5, 0.6) is 0 Å². The van der Waals surface area contributed by atoms with Crippen LogP contribution in [-0.2, 0) is 0 Å². The molecule has 0 fully saturated rings. The van der Waals surface area contributed by atoms with Crippen molar-refractivity contribution in [2.75, 3.05) is 0 Å². The van der Waals surface area contributed by atoms with Gasteiger partial charge in [0.05, 0.1) is 0 Å². The number of hydrogen-bond acceptors (Lipinski definition) is 4. The summed E-state index contributed by atoms with van der Waals surface area (Å²) >= 11 is 0. The minimum Gasteiger partial charge on any atom is -0.371 e. The monoisotopic (exact) mass is 191 g/mol. The van der Waals surface area contributed by atoms with Crippen molar-refractivity contribution in [1.29, 1.82) is 0 Å². The van der Waals surface area contributed by atoms with Crippen molar-refractivity contribution in [2.45, 2.75) is 12.8 Å². The number of hydrogen-bond donors (Lipinski definition) is 0. The number of allylic oxidation sites excluding steroid dienone is 5. The average molecular weight is 191 g/mol. The van der Waals surface area contributed by atoms with Crippen LogP contribution in [0.2, 0.25) is 0 Å². The van der Waals surface area contributed by atoms with Gasteiger partial charge in [-0.1, -0.05) is 24.3 Å². The van der Waals surface area contributed by atoms with Gasteiger partial charge in [0.2, 0.25) is 0 Å². The molecule has 4 nitrogen and oxygen atoms in total. The Morgan fingerprint density at radius 1 is 1.43 bits per heavy atom. The van der Waals surface area contributed by atoms with E-state index in [9.17, 15) is 4.79 Å². The highest BCUT2D eigenvalue weighted by Crippen LogP contribution is 2.13. The zero-order chi connectivity index (χ0) is 9.80. The molecular weight excluding hydrogens is 182 g/mol. The summed E-state index contributed by atoms with van der Waals surface area (Å²) < 4.78 is 8.86. The van der Waals surface area contributed by atoms with Gasteiger partial charge in [-0.3, -0.25) is 4.52 Å². The molecule has 2 rings (SSSR count). The van der Waals surface area contributed by atoms with E-state index in [1.807, 2.05) is 18.2 Å². The molecular formula is C10H9NO3. The SMILES string of the molecule is O=c1onc(/C=C/C2=CC=CCC2)o1. The molecule has 0 N–H and O–H groups in total. The van der Waals surface area contributed by atoms with Gasteiger partial charge in [-0.15, -0.1) is 0 Å². The molecule has 1 aromatic heterocycles. The predicted molar refractivity (Wildman–Crippen MR) is 50.5 cm³/mol. The fourth-order valence-electron chi connectivity index (χ4n) is 1.21. The van der Waals surface area contributed by atoms with Gasteiger partial charge in [0.1, 0.15) is 0 Å². The van der Waals surface area contributed by atoms with Crippen molar-refractivity contribution < 1.29 is 8.94 Å². The van der Waals surface area contributed by atoms with E-state index in [1.165, 1.54) is 5.57 Å². The standard InChI is InChI=1S/C10H9NO3/c12-10-13-9(11-14-10)7-6-8-4-2-1-3-5-8/h1-2,4,6-7H,3,5H2/b7-6+. The second-order valence-corrected chi connectivity index (χ2v) is 2.91. The second-order valence-electron chi connectivity index (χ2n) is 2.91. The summed E-state index contributed by atoms with van der Waals surface area (Å²) in [5.41, 5.74) is 1.18. The molecule has 1 aromatic rings. The van der Waals surface area contributed by atoms with E-state index >= 15 is 0 Å². The molecule has 0 unspecified atom stereocenters. The number of rotatable bonds is 2. The Bertz CT molecular complexity index is 448. The molecule has 72 valence electrons. The Morgan fingerprint density at radius 2 is 2.36 bits per heavy atom. The Kier molecular flexibility index (Phi) is 2.44. The van der Waals surface area contributed by atoms with Crippen LogP contribution in [0, 0.1) is 0 Å². The molecule has 0 saturated heterocycles. The molecule has 0 radical (unpaired) electrons. The molecule has 0 saturated carbocycles. The molecule has 1 aliphatic carbocycles. The maximum absolute atomic E-state index is 10.5. The molecule has 14 heavy (non-hydrogen) atoms. The zero-order valence-electron chi connectivity index (χ0n) is 7.47. The van der Waals surface area contributed by atoms with E-state index in [0.717, 1.165) is 12.8 Å². The van der Waals surface area contributed by atoms with E-state index in [4.69, 9.17) is 0 Å². The van der Waals surface area contributed by atoms with Gasteiger partial charge in [-0.25, -0.2) is 4.79 Å². The zero-order valence-corrected chi connectivity index (χ0v) is 7.47. The van der Waals surface area contributed by atoms with E-state index in [1.54, 1.807) is 6.08 Å². The quantitative estimate of drug-likeness (QED) is 0.716. The molecule has 0 atom stereocenters. The third-order valence-corrected chi connectivity index (χ3v) is 1.88. The molecule has 0 bridgehead atoms. The first-order chi connectivity index (χ1) is 6.84. The minimum absolute atomic E-state index is 0.199. The summed E-state index contributed by atoms with van der Waals surface area (Å²) in [6.45, 7) is 0. The van der Waals surface area contributed by atoms with E-state index in [0.29, 0.717) is 0 Å². The lowest BCUT2D eigenvalue weighted by Crippen LogP contribution is -1.85. The van der Waals surface area contributed by atoms with Crippen LogP contribution in [0.15, 0.2) is 43.6 Å². The summed E-state index contributed by atoms with van der Waals surface area (Å²) in [5, 5.41) is 3.41. The van der Waals surface area contributed by atoms with E-state index in [-0.39, 0.29) is 5.89 Å². The Morgan fingerprint density at radius 3 is 3.00 bits per heavy atom. The molecule has 1 heterocycles. The van der Waals surface area contributed by atoms with Gasteiger partial charge in [0.25, 0.3) is 5.89 Å². The number of aromatic nitrogens is 1. The van der Waals surface area contributed by atoms with Crippen molar-refractivity contribution in [3.63, 3.8) is 0 Å². The smallest absolute Gasteiger partial charge is 0.371 e. The Labute approximate surface area is 80.2 Å². The molecule has 0 amide bonds. The summed E-state index contributed by atoms with van der Waals surface area (Å²) in [7, 11) is 0. The van der Waals surface area contributed by atoms with Crippen LogP contribution in [0.25, 0.3) is 6.08 Å². The largest absolute Gasteiger partial charge is 0.542 e. The van der Waals surface area contributed by atoms with Crippen molar-refractivity contribution >= 4 is 6.08 Å². The fraction of sp³-hybridized carbons (Fsp3) is 0.200. The topological polar surface area (TPSA) is 56.2 Å². The lowest BCUT2D eigenvalue weighted by molar-refractivity contribution is 0.335. The average Bonchev–Trinajstić information content (AvgIpc) is 2.63. The molecule has 4 heteroatoms. The summed E-state index contributed by atoms with van der Waals surface area (Å²) in [4.78, 5) is 10.5. The molecule has 0 aliphatic heterocycles. The van der Waals surface area contributed by atoms with Gasteiger partial charge < -0.3 is 4.42 Å². The van der Waals surface area contributed by atoms with E-state index < -0.39 is 5.82 Å². The van der Waals surface area contributed by atoms with Gasteiger partial charge in [0, 0.05) is 6.08 Å². The minimum atomic E-state index is -0.776. The van der Waals surface area contributed by atoms with Gasteiger partial charge in [-0.05, 0) is 23.6 Å². The highest BCUT2D eigenvalue weighted by Gasteiger charge is 1.99. The van der Waals surface area contributed by atoms with E-state index in [2.05, 4.69) is 20.2 Å². The van der Waals surface area contributed by atoms with Crippen molar-refractivity contribution in [1.82, 2.24) is 5.16 Å². The van der Waals surface area contributed by atoms with Crippen LogP contribution >= 0.6 is 0 Å². The first kappa shape index (κ1) is 8.74. The van der Waals surface area contributed by atoms with Crippen LogP contribution in [0.1, 0.15) is 18.7 Å². The summed E-state index contributed by atoms with van der Waals surface area (Å²) in [6.07, 6.45) is 11.6. The number of nitrogens with zero attached hydrogens (tertiary/aromatic N) is 1. The lowest BCUT2D eigenvalue weighted by atomic mass is 10.1. The second kappa shape index (κ2) is 3.91.